The second-order valence-corrected chi connectivity index (χ2v) is 13.6. The van der Waals surface area contributed by atoms with Gasteiger partial charge in [0.25, 0.3) is 0 Å². The van der Waals surface area contributed by atoms with Crippen molar-refractivity contribution in [3.8, 4) is 50.3 Å². The standard InChI is InChI=1S/C42H28.C9H7NO.CH4.Al.H/c1-5-17-29(18-6-1)37-33-25-13-14-26-34(33)39(31-21-9-3-10-22-31)42-40(32-23-11-4-12-24-32)36-28-16-15-27-35(36)38(41(37)42)30-19-7-2-8-20-30;11-8-5-1-3-7-4-2-6-10-9(7)8;;;/h1-28H;1-6,11H;1H4;;/q;;;+1;/p-1. The minimum Gasteiger partial charge on any atom is -0.649 e. The van der Waals surface area contributed by atoms with Gasteiger partial charge in [0.15, 0.2) is 0 Å². The quantitative estimate of drug-likeness (QED) is 0.130. The van der Waals surface area contributed by atoms with Gasteiger partial charge < -0.3 is 3.79 Å². The molecule has 261 valence electrons. The van der Waals surface area contributed by atoms with E-state index < -0.39 is 0 Å². The van der Waals surface area contributed by atoms with Crippen LogP contribution in [0.3, 0.4) is 0 Å². The lowest BCUT2D eigenvalue weighted by atomic mass is 9.77. The molecule has 10 rings (SSSR count). The van der Waals surface area contributed by atoms with E-state index in [1.807, 2.05) is 30.3 Å². The highest BCUT2D eigenvalue weighted by atomic mass is 27.1. The van der Waals surface area contributed by atoms with Crippen LogP contribution in [0.4, 0.5) is 0 Å². The molecule has 1 heterocycles. The predicted octanol–water partition coefficient (Wildman–Crippen LogP) is 13.9. The van der Waals surface area contributed by atoms with E-state index in [9.17, 15) is 0 Å². The highest BCUT2D eigenvalue weighted by molar-refractivity contribution is 6.33. The first kappa shape index (κ1) is 35.5. The van der Waals surface area contributed by atoms with Gasteiger partial charge in [0.2, 0.25) is 0 Å². The average molecular weight is 721 g/mol. The van der Waals surface area contributed by atoms with Gasteiger partial charge in [-0.1, -0.05) is 195 Å². The van der Waals surface area contributed by atoms with Crippen LogP contribution in [0.2, 0.25) is 0 Å². The van der Waals surface area contributed by atoms with Crippen molar-refractivity contribution >= 4 is 59.8 Å². The van der Waals surface area contributed by atoms with Crippen molar-refractivity contribution in [3.05, 3.63) is 206 Å². The van der Waals surface area contributed by atoms with Crippen LogP contribution in [0.25, 0.3) is 87.7 Å². The fourth-order valence-corrected chi connectivity index (χ4v) is 8.17. The van der Waals surface area contributed by atoms with E-state index in [0.717, 1.165) is 16.7 Å². The topological polar surface area (TPSA) is 22.1 Å². The third-order valence-electron chi connectivity index (χ3n) is 10.2. The molecule has 55 heavy (non-hydrogen) atoms. The Hall–Kier alpha value is -6.50. The number of nitrogens with zero attached hydrogens (tertiary/aromatic N) is 1. The summed E-state index contributed by atoms with van der Waals surface area (Å²) in [6.45, 7) is 0. The van der Waals surface area contributed by atoms with Crippen molar-refractivity contribution < 1.29 is 3.79 Å². The molecule has 0 fully saturated rings. The minimum atomic E-state index is 0. The molecule has 1 aromatic heterocycles. The van der Waals surface area contributed by atoms with E-state index in [4.69, 9.17) is 3.79 Å². The lowest BCUT2D eigenvalue weighted by Crippen LogP contribution is -1.97. The molecule has 0 bridgehead atoms. The maximum atomic E-state index is 5.19. The molecular weight excluding hydrogens is 682 g/mol. The highest BCUT2D eigenvalue weighted by Crippen LogP contribution is 2.53. The number of hydrogen-bond acceptors (Lipinski definition) is 2. The van der Waals surface area contributed by atoms with Gasteiger partial charge in [-0.25, -0.2) is 0 Å². The van der Waals surface area contributed by atoms with E-state index in [0.29, 0.717) is 0 Å². The Kier molecular flexibility index (Phi) is 10.2. The molecule has 3 heteroatoms. The summed E-state index contributed by atoms with van der Waals surface area (Å²) < 4.78 is 5.19. The number of benzene rings is 9. The zero-order valence-electron chi connectivity index (χ0n) is 29.7. The second kappa shape index (κ2) is 15.9. The van der Waals surface area contributed by atoms with Crippen molar-refractivity contribution in [1.82, 2.24) is 4.98 Å². The fraction of sp³-hybridized carbons (Fsp3) is 0.0192. The monoisotopic (exact) mass is 720 g/mol. The van der Waals surface area contributed by atoms with Crippen LogP contribution in [0.1, 0.15) is 7.43 Å². The van der Waals surface area contributed by atoms with Crippen LogP contribution in [0, 0.1) is 0 Å². The SMILES string of the molecule is C.[AlH][O]c1cccc2cccnc12.c1ccc(-c2c3ccccc3c(-c3ccccc3)c3c(-c4ccccc4)c4ccccc4c(-c4ccccc4)c23)cc1. The van der Waals surface area contributed by atoms with Gasteiger partial charge in [0.05, 0.1) is 0 Å². The Bertz CT molecular complexity index is 2570. The molecule has 2 nitrogen and oxygen atoms in total. The van der Waals surface area contributed by atoms with Crippen molar-refractivity contribution in [2.75, 3.05) is 0 Å². The molecule has 0 aliphatic rings. The summed E-state index contributed by atoms with van der Waals surface area (Å²) in [5, 5.41) is 8.76. The van der Waals surface area contributed by atoms with Crippen LogP contribution in [-0.2, 0) is 0 Å². The van der Waals surface area contributed by atoms with Gasteiger partial charge in [-0.05, 0) is 89.0 Å². The molecule has 0 spiro atoms. The van der Waals surface area contributed by atoms with Crippen LogP contribution in [0.5, 0.6) is 5.75 Å². The summed E-state index contributed by atoms with van der Waals surface area (Å²) in [6.07, 6.45) is 1.77. The van der Waals surface area contributed by atoms with Gasteiger partial charge in [-0.15, -0.1) is 0 Å². The lowest BCUT2D eigenvalue weighted by molar-refractivity contribution is 0.622. The Morgan fingerprint density at radius 1 is 0.345 bits per heavy atom. The van der Waals surface area contributed by atoms with Gasteiger partial charge in [-0.3, -0.25) is 4.98 Å². The van der Waals surface area contributed by atoms with Crippen LogP contribution >= 0.6 is 0 Å². The van der Waals surface area contributed by atoms with Crippen molar-refractivity contribution in [3.63, 3.8) is 0 Å². The molecule has 0 unspecified atom stereocenters. The molecule has 10 aromatic rings. The first-order chi connectivity index (χ1) is 26.8. The van der Waals surface area contributed by atoms with Crippen molar-refractivity contribution in [2.45, 2.75) is 7.43 Å². The first-order valence-electron chi connectivity index (χ1n) is 18.2. The van der Waals surface area contributed by atoms with Gasteiger partial charge in [0.1, 0.15) is 11.3 Å². The number of fused-ring (bicyclic) bond motifs is 4. The third kappa shape index (κ3) is 6.55. The summed E-state index contributed by atoms with van der Waals surface area (Å²) >= 11 is 1.47. The molecule has 0 aliphatic carbocycles. The Balaban J connectivity index is 0.000000280. The zero-order valence-corrected chi connectivity index (χ0v) is 31.1. The summed E-state index contributed by atoms with van der Waals surface area (Å²) in [5.41, 5.74) is 11.0. The van der Waals surface area contributed by atoms with Crippen LogP contribution in [0.15, 0.2) is 206 Å². The van der Waals surface area contributed by atoms with Gasteiger partial charge >= 0.3 is 16.6 Å². The molecule has 0 saturated heterocycles. The number of para-hydroxylation sites is 1. The molecule has 0 aliphatic heterocycles. The number of rotatable bonds is 5. The van der Waals surface area contributed by atoms with Crippen molar-refractivity contribution in [1.29, 1.82) is 0 Å². The molecule has 0 N–H and O–H groups in total. The largest absolute Gasteiger partial charge is 0.649 e. The number of aromatic nitrogens is 1. The predicted molar refractivity (Wildman–Crippen MR) is 237 cm³/mol. The summed E-state index contributed by atoms with van der Waals surface area (Å²) in [7, 11) is 0. The highest BCUT2D eigenvalue weighted by Gasteiger charge is 2.25. The Morgan fingerprint density at radius 2 is 0.673 bits per heavy atom. The Morgan fingerprint density at radius 3 is 1.02 bits per heavy atom. The van der Waals surface area contributed by atoms with E-state index in [-0.39, 0.29) is 7.43 Å². The van der Waals surface area contributed by atoms with Gasteiger partial charge in [0, 0.05) is 11.6 Å². The summed E-state index contributed by atoms with van der Waals surface area (Å²) in [4.78, 5) is 4.23. The molecule has 0 atom stereocenters. The van der Waals surface area contributed by atoms with E-state index in [1.165, 1.54) is 93.4 Å². The molecule has 1 radical (unpaired) electrons. The maximum absolute atomic E-state index is 5.19. The zero-order chi connectivity index (χ0) is 36.3. The molecular formula is C52H39AlNO. The van der Waals surface area contributed by atoms with E-state index in [1.54, 1.807) is 6.20 Å². The lowest BCUT2D eigenvalue weighted by Gasteiger charge is -2.25. The van der Waals surface area contributed by atoms with Gasteiger partial charge in [-0.2, -0.15) is 0 Å². The van der Waals surface area contributed by atoms with E-state index in [2.05, 4.69) is 175 Å². The van der Waals surface area contributed by atoms with Crippen LogP contribution in [-0.4, -0.2) is 21.6 Å². The fourth-order valence-electron chi connectivity index (χ4n) is 7.94. The average Bonchev–Trinajstić information content (AvgIpc) is 3.26. The molecule has 0 amide bonds. The maximum Gasteiger partial charge on any atom is 0.494 e. The number of pyridine rings is 1. The van der Waals surface area contributed by atoms with E-state index >= 15 is 0 Å². The third-order valence-corrected chi connectivity index (χ3v) is 10.5. The smallest absolute Gasteiger partial charge is 0.494 e. The van der Waals surface area contributed by atoms with Crippen molar-refractivity contribution in [2.24, 2.45) is 0 Å². The number of hydrogen-bond donors (Lipinski definition) is 0. The first-order valence-corrected chi connectivity index (χ1v) is 18.8. The Labute approximate surface area is 331 Å². The molecule has 9 aromatic carbocycles. The summed E-state index contributed by atoms with van der Waals surface area (Å²) in [6, 6.07) is 71.5. The normalized spacial score (nSPS) is 10.8. The molecule has 0 saturated carbocycles. The minimum absolute atomic E-state index is 0. The second-order valence-electron chi connectivity index (χ2n) is 13.3. The van der Waals surface area contributed by atoms with Crippen LogP contribution < -0.4 is 3.79 Å². The summed E-state index contributed by atoms with van der Waals surface area (Å²) in [5.74, 6) is 0.839.